The van der Waals surface area contributed by atoms with E-state index in [2.05, 4.69) is 4.98 Å². The van der Waals surface area contributed by atoms with Gasteiger partial charge < -0.3 is 4.90 Å². The molecule has 0 spiro atoms. The molecule has 0 radical (unpaired) electrons. The summed E-state index contributed by atoms with van der Waals surface area (Å²) in [5, 5.41) is 1.84. The number of piperazine rings is 1. The van der Waals surface area contributed by atoms with Crippen LogP contribution in [0.4, 0.5) is 0 Å². The molecule has 0 N–H and O–H groups in total. The lowest BCUT2D eigenvalue weighted by Crippen LogP contribution is -2.53. The number of amides is 1. The molecule has 1 aromatic heterocycles. The molecule has 2 aromatic rings. The fourth-order valence-electron chi connectivity index (χ4n) is 4.07. The third kappa shape index (κ3) is 3.28. The zero-order valence-corrected chi connectivity index (χ0v) is 16.8. The summed E-state index contributed by atoms with van der Waals surface area (Å²) < 4.78 is 28.4. The molecule has 1 aromatic carbocycles. The Morgan fingerprint density at radius 2 is 1.86 bits per heavy atom. The Bertz CT molecular complexity index is 983. The molecule has 2 fully saturated rings. The summed E-state index contributed by atoms with van der Waals surface area (Å²) >= 11 is 0. The van der Waals surface area contributed by atoms with Gasteiger partial charge in [-0.3, -0.25) is 14.6 Å². The Labute approximate surface area is 164 Å². The fourth-order valence-corrected chi connectivity index (χ4v) is 6.00. The smallest absolute Gasteiger partial charge is 0.221 e. The molecule has 28 heavy (non-hydrogen) atoms. The van der Waals surface area contributed by atoms with Gasteiger partial charge in [0.05, 0.1) is 18.2 Å². The first-order valence-corrected chi connectivity index (χ1v) is 10.8. The van der Waals surface area contributed by atoms with Gasteiger partial charge in [0.25, 0.3) is 0 Å². The molecule has 0 saturated carbocycles. The van der Waals surface area contributed by atoms with Crippen molar-refractivity contribution in [1.82, 2.24) is 19.3 Å². The second kappa shape index (κ2) is 7.40. The molecule has 2 saturated heterocycles. The third-order valence-corrected chi connectivity index (χ3v) is 7.86. The summed E-state index contributed by atoms with van der Waals surface area (Å²) in [5.41, 5.74) is 1.72. The summed E-state index contributed by atoms with van der Waals surface area (Å²) in [6.45, 7) is 3.07. The van der Waals surface area contributed by atoms with Crippen LogP contribution in [-0.2, 0) is 19.7 Å². The van der Waals surface area contributed by atoms with Crippen LogP contribution in [0.25, 0.3) is 10.9 Å². The highest BCUT2D eigenvalue weighted by Gasteiger charge is 2.46. The maximum absolute atomic E-state index is 13.4. The minimum Gasteiger partial charge on any atom is -0.340 e. The number of hydroxylamine groups is 2. The van der Waals surface area contributed by atoms with Crippen LogP contribution >= 0.6 is 0 Å². The van der Waals surface area contributed by atoms with E-state index in [4.69, 9.17) is 4.84 Å². The van der Waals surface area contributed by atoms with Gasteiger partial charge in [0.15, 0.2) is 0 Å². The standard InChI is InChI=1S/C19H24N4O4S/c1-14(24)22-9-11-23(12-10-22)28(25,26)18-13-27-21(2)19(18)16-7-8-20-17-6-4-3-5-15(16)17/h3-8,18-19H,9-13H2,1-2H3. The summed E-state index contributed by atoms with van der Waals surface area (Å²) in [5.74, 6) is -0.0258. The first kappa shape index (κ1) is 19.3. The molecule has 9 heteroatoms. The SMILES string of the molecule is CC(=O)N1CCN(S(=O)(=O)C2CON(C)C2c2ccnc3ccccc23)CC1. The van der Waals surface area contributed by atoms with E-state index in [9.17, 15) is 13.2 Å². The number of pyridine rings is 1. The van der Waals surface area contributed by atoms with Crippen molar-refractivity contribution in [3.63, 3.8) is 0 Å². The van der Waals surface area contributed by atoms with Gasteiger partial charge in [-0.25, -0.2) is 8.42 Å². The summed E-state index contributed by atoms with van der Waals surface area (Å²) in [6.07, 6.45) is 1.71. The maximum atomic E-state index is 13.4. The fraction of sp³-hybridized carbons (Fsp3) is 0.474. The van der Waals surface area contributed by atoms with Crippen molar-refractivity contribution in [1.29, 1.82) is 0 Å². The van der Waals surface area contributed by atoms with Gasteiger partial charge in [0.1, 0.15) is 5.25 Å². The van der Waals surface area contributed by atoms with E-state index in [1.807, 2.05) is 30.3 Å². The van der Waals surface area contributed by atoms with Crippen molar-refractivity contribution in [3.05, 3.63) is 42.1 Å². The van der Waals surface area contributed by atoms with E-state index in [1.165, 1.54) is 11.2 Å². The van der Waals surface area contributed by atoms with Gasteiger partial charge in [0.2, 0.25) is 15.9 Å². The second-order valence-electron chi connectivity index (χ2n) is 7.19. The van der Waals surface area contributed by atoms with Crippen LogP contribution in [-0.4, -0.2) is 78.7 Å². The first-order valence-electron chi connectivity index (χ1n) is 9.33. The number of rotatable bonds is 3. The summed E-state index contributed by atoms with van der Waals surface area (Å²) in [6, 6.07) is 9.15. The molecule has 3 heterocycles. The van der Waals surface area contributed by atoms with Crippen LogP contribution in [0, 0.1) is 0 Å². The lowest BCUT2D eigenvalue weighted by molar-refractivity contribution is -0.129. The number of sulfonamides is 1. The van der Waals surface area contributed by atoms with Crippen LogP contribution in [0.5, 0.6) is 0 Å². The molecule has 0 aliphatic carbocycles. The number of benzene rings is 1. The van der Waals surface area contributed by atoms with Gasteiger partial charge in [-0.2, -0.15) is 9.37 Å². The summed E-state index contributed by atoms with van der Waals surface area (Å²) in [4.78, 5) is 23.3. The van der Waals surface area contributed by atoms with Crippen molar-refractivity contribution in [3.8, 4) is 0 Å². The lowest BCUT2D eigenvalue weighted by Gasteiger charge is -2.35. The topological polar surface area (TPSA) is 83.0 Å². The average Bonchev–Trinajstić information content (AvgIpc) is 3.09. The monoisotopic (exact) mass is 404 g/mol. The number of hydrogen-bond acceptors (Lipinski definition) is 6. The number of para-hydroxylation sites is 1. The number of aromatic nitrogens is 1. The average molecular weight is 404 g/mol. The molecule has 2 unspecified atom stereocenters. The number of nitrogens with zero attached hydrogens (tertiary/aromatic N) is 4. The normalized spacial score (nSPS) is 24.7. The van der Waals surface area contributed by atoms with Crippen molar-refractivity contribution < 1.29 is 18.0 Å². The zero-order valence-electron chi connectivity index (χ0n) is 16.0. The quantitative estimate of drug-likeness (QED) is 0.760. The minimum absolute atomic E-state index is 0.0258. The van der Waals surface area contributed by atoms with E-state index < -0.39 is 21.3 Å². The van der Waals surface area contributed by atoms with Crippen LogP contribution in [0.2, 0.25) is 0 Å². The Morgan fingerprint density at radius 3 is 2.57 bits per heavy atom. The zero-order chi connectivity index (χ0) is 19.9. The van der Waals surface area contributed by atoms with Gasteiger partial charge in [0, 0.05) is 51.7 Å². The van der Waals surface area contributed by atoms with E-state index >= 15 is 0 Å². The Kier molecular flexibility index (Phi) is 5.09. The molecule has 8 nitrogen and oxygen atoms in total. The number of carbonyl (C=O) groups is 1. The van der Waals surface area contributed by atoms with Crippen LogP contribution < -0.4 is 0 Å². The molecule has 0 bridgehead atoms. The third-order valence-electron chi connectivity index (χ3n) is 5.61. The van der Waals surface area contributed by atoms with Crippen LogP contribution in [0.1, 0.15) is 18.5 Å². The number of carbonyl (C=O) groups excluding carboxylic acids is 1. The van der Waals surface area contributed by atoms with Crippen molar-refractivity contribution >= 4 is 26.8 Å². The van der Waals surface area contributed by atoms with Crippen LogP contribution in [0.15, 0.2) is 36.5 Å². The van der Waals surface area contributed by atoms with Gasteiger partial charge in [-0.1, -0.05) is 18.2 Å². The number of hydrogen-bond donors (Lipinski definition) is 0. The van der Waals surface area contributed by atoms with Crippen LogP contribution in [0.3, 0.4) is 0 Å². The molecule has 1 amide bonds. The maximum Gasteiger partial charge on any atom is 0.221 e. The van der Waals surface area contributed by atoms with Crippen molar-refractivity contribution in [2.45, 2.75) is 18.2 Å². The molecule has 2 aliphatic heterocycles. The molecular weight excluding hydrogens is 380 g/mol. The van der Waals surface area contributed by atoms with E-state index in [0.717, 1.165) is 16.5 Å². The highest BCUT2D eigenvalue weighted by Crippen LogP contribution is 2.37. The summed E-state index contributed by atoms with van der Waals surface area (Å²) in [7, 11) is -1.83. The highest BCUT2D eigenvalue weighted by molar-refractivity contribution is 7.89. The second-order valence-corrected chi connectivity index (χ2v) is 9.34. The lowest BCUT2D eigenvalue weighted by atomic mass is 10.00. The minimum atomic E-state index is -3.60. The van der Waals surface area contributed by atoms with E-state index in [-0.39, 0.29) is 12.5 Å². The predicted molar refractivity (Wildman–Crippen MR) is 105 cm³/mol. The Morgan fingerprint density at radius 1 is 1.14 bits per heavy atom. The molecule has 2 atom stereocenters. The van der Waals surface area contributed by atoms with E-state index in [1.54, 1.807) is 23.2 Å². The van der Waals surface area contributed by atoms with Gasteiger partial charge in [-0.15, -0.1) is 0 Å². The molecule has 4 rings (SSSR count). The van der Waals surface area contributed by atoms with Crippen molar-refractivity contribution in [2.75, 3.05) is 39.8 Å². The number of fused-ring (bicyclic) bond motifs is 1. The Hall–Kier alpha value is -2.07. The Balaban J connectivity index is 1.66. The molecule has 2 aliphatic rings. The largest absolute Gasteiger partial charge is 0.340 e. The van der Waals surface area contributed by atoms with Crippen molar-refractivity contribution in [2.24, 2.45) is 0 Å². The van der Waals surface area contributed by atoms with Gasteiger partial charge in [-0.05, 0) is 17.7 Å². The highest BCUT2D eigenvalue weighted by atomic mass is 32.2. The predicted octanol–water partition coefficient (Wildman–Crippen LogP) is 1.02. The molecular formula is C19H24N4O4S. The van der Waals surface area contributed by atoms with E-state index in [0.29, 0.717) is 26.2 Å². The first-order chi connectivity index (χ1) is 13.4. The van der Waals surface area contributed by atoms with Gasteiger partial charge >= 0.3 is 0 Å². The molecule has 150 valence electrons.